The van der Waals surface area contributed by atoms with E-state index in [0.717, 1.165) is 0 Å². The number of anilines is 1. The van der Waals surface area contributed by atoms with Crippen molar-refractivity contribution in [2.45, 2.75) is 24.2 Å². The van der Waals surface area contributed by atoms with Crippen LogP contribution in [0.2, 0.25) is 0 Å². The Morgan fingerprint density at radius 1 is 1.20 bits per heavy atom. The molecular weight excluding hydrogens is 368 g/mol. The number of hydrogen-bond acceptors (Lipinski definition) is 5. The van der Waals surface area contributed by atoms with Crippen LogP contribution in [0.15, 0.2) is 29.2 Å². The first-order chi connectivity index (χ1) is 11.3. The smallest absolute Gasteiger partial charge is 0.240 e. The number of carbonyl (C=O) groups is 2. The molecule has 0 saturated carbocycles. The van der Waals surface area contributed by atoms with Crippen LogP contribution in [-0.2, 0) is 19.6 Å². The van der Waals surface area contributed by atoms with Crippen molar-refractivity contribution in [3.63, 3.8) is 0 Å². The van der Waals surface area contributed by atoms with E-state index < -0.39 is 10.0 Å². The Labute approximate surface area is 154 Å². The van der Waals surface area contributed by atoms with E-state index in [0.29, 0.717) is 12.1 Å². The van der Waals surface area contributed by atoms with Gasteiger partial charge in [0.05, 0.1) is 4.90 Å². The van der Waals surface area contributed by atoms with Gasteiger partial charge in [-0.3, -0.25) is 9.59 Å². The van der Waals surface area contributed by atoms with Gasteiger partial charge in [0, 0.05) is 45.7 Å². The molecule has 0 spiro atoms. The zero-order valence-electron chi connectivity index (χ0n) is 14.3. The summed E-state index contributed by atoms with van der Waals surface area (Å²) in [6.45, 7) is 0.333. The van der Waals surface area contributed by atoms with E-state index in [2.05, 4.69) is 10.0 Å². The summed E-state index contributed by atoms with van der Waals surface area (Å²) in [4.78, 5) is 24.8. The zero-order valence-corrected chi connectivity index (χ0v) is 16.0. The third kappa shape index (κ3) is 8.30. The van der Waals surface area contributed by atoms with Crippen molar-refractivity contribution in [2.75, 3.05) is 32.5 Å². The highest BCUT2D eigenvalue weighted by molar-refractivity contribution is 7.89. The van der Waals surface area contributed by atoms with E-state index in [1.165, 1.54) is 17.0 Å². The molecule has 10 heteroatoms. The van der Waals surface area contributed by atoms with Crippen molar-refractivity contribution in [2.24, 2.45) is 5.73 Å². The third-order valence-electron chi connectivity index (χ3n) is 3.16. The summed E-state index contributed by atoms with van der Waals surface area (Å²) in [5, 5.41) is 2.63. The van der Waals surface area contributed by atoms with Gasteiger partial charge in [-0.05, 0) is 24.6 Å². The maximum atomic E-state index is 12.0. The molecule has 142 valence electrons. The quantitative estimate of drug-likeness (QED) is 0.566. The summed E-state index contributed by atoms with van der Waals surface area (Å²) in [7, 11) is -0.330. The van der Waals surface area contributed by atoms with Crippen LogP contribution >= 0.6 is 12.4 Å². The number of rotatable bonds is 9. The molecule has 1 aromatic carbocycles. The minimum Gasteiger partial charge on any atom is -0.349 e. The van der Waals surface area contributed by atoms with Crippen LogP contribution in [0.25, 0.3) is 0 Å². The number of nitrogens with zero attached hydrogens (tertiary/aromatic N) is 1. The number of halogens is 1. The van der Waals surface area contributed by atoms with Crippen LogP contribution in [0.4, 0.5) is 5.69 Å². The number of nitrogens with one attached hydrogen (secondary N) is 2. The highest BCUT2D eigenvalue weighted by Crippen LogP contribution is 2.15. The van der Waals surface area contributed by atoms with Gasteiger partial charge in [0.2, 0.25) is 21.8 Å². The van der Waals surface area contributed by atoms with Crippen molar-refractivity contribution in [3.8, 4) is 0 Å². The Morgan fingerprint density at radius 2 is 1.88 bits per heavy atom. The fourth-order valence-electron chi connectivity index (χ4n) is 1.86. The second-order valence-corrected chi connectivity index (χ2v) is 7.17. The van der Waals surface area contributed by atoms with E-state index in [9.17, 15) is 18.0 Å². The monoisotopic (exact) mass is 392 g/mol. The fourth-order valence-corrected chi connectivity index (χ4v) is 2.96. The van der Waals surface area contributed by atoms with Crippen molar-refractivity contribution in [1.82, 2.24) is 9.62 Å². The first-order valence-electron chi connectivity index (χ1n) is 7.56. The van der Waals surface area contributed by atoms with E-state index in [1.807, 2.05) is 0 Å². The molecule has 0 aromatic heterocycles. The molecule has 2 amide bonds. The molecule has 8 nitrogen and oxygen atoms in total. The molecule has 0 atom stereocenters. The molecule has 0 heterocycles. The van der Waals surface area contributed by atoms with Gasteiger partial charge < -0.3 is 16.0 Å². The number of hydrogen-bond donors (Lipinski definition) is 3. The minimum atomic E-state index is -3.65. The maximum absolute atomic E-state index is 12.0. The summed E-state index contributed by atoms with van der Waals surface area (Å²) in [6, 6.07) is 5.96. The Bertz CT molecular complexity index is 680. The lowest BCUT2D eigenvalue weighted by molar-refractivity contribution is -0.128. The lowest BCUT2D eigenvalue weighted by Crippen LogP contribution is -2.29. The van der Waals surface area contributed by atoms with E-state index in [-0.39, 0.29) is 55.0 Å². The first-order valence-corrected chi connectivity index (χ1v) is 9.04. The van der Waals surface area contributed by atoms with Crippen LogP contribution in [0.1, 0.15) is 19.3 Å². The van der Waals surface area contributed by atoms with Crippen LogP contribution < -0.4 is 15.8 Å². The molecule has 0 saturated heterocycles. The van der Waals surface area contributed by atoms with Gasteiger partial charge in [-0.1, -0.05) is 6.07 Å². The SMILES string of the molecule is CN(C)C(=O)CCCC(=O)Nc1cccc(S(=O)(=O)NCCN)c1.Cl. The van der Waals surface area contributed by atoms with Crippen LogP contribution in [0.5, 0.6) is 0 Å². The molecular formula is C15H25ClN4O4S. The van der Waals surface area contributed by atoms with E-state index >= 15 is 0 Å². The van der Waals surface area contributed by atoms with Crippen molar-refractivity contribution < 1.29 is 18.0 Å². The van der Waals surface area contributed by atoms with Crippen molar-refractivity contribution in [3.05, 3.63) is 24.3 Å². The molecule has 1 rings (SSSR count). The lowest BCUT2D eigenvalue weighted by Gasteiger charge is -2.10. The standard InChI is InChI=1S/C15H24N4O4S.ClH/c1-19(2)15(21)8-4-7-14(20)18-12-5-3-6-13(11-12)24(22,23)17-10-9-16;/h3,5-6,11,17H,4,7-10,16H2,1-2H3,(H,18,20);1H. The number of nitrogens with two attached hydrogens (primary N) is 1. The predicted octanol–water partition coefficient (Wildman–Crippen LogP) is 0.542. The van der Waals surface area contributed by atoms with Gasteiger partial charge in [-0.15, -0.1) is 12.4 Å². The Hall–Kier alpha value is -1.68. The molecule has 0 aliphatic heterocycles. The summed E-state index contributed by atoms with van der Waals surface area (Å²) in [5.74, 6) is -0.312. The van der Waals surface area contributed by atoms with Crippen LogP contribution in [-0.4, -0.2) is 52.3 Å². The largest absolute Gasteiger partial charge is 0.349 e. The van der Waals surface area contributed by atoms with Crippen LogP contribution in [0, 0.1) is 0 Å². The van der Waals surface area contributed by atoms with Gasteiger partial charge >= 0.3 is 0 Å². The maximum Gasteiger partial charge on any atom is 0.240 e. The van der Waals surface area contributed by atoms with Gasteiger partial charge in [0.1, 0.15) is 0 Å². The molecule has 0 aliphatic rings. The average molecular weight is 393 g/mol. The van der Waals surface area contributed by atoms with Crippen molar-refractivity contribution >= 4 is 39.9 Å². The molecule has 0 bridgehead atoms. The van der Waals surface area contributed by atoms with Crippen LogP contribution in [0.3, 0.4) is 0 Å². The highest BCUT2D eigenvalue weighted by Gasteiger charge is 2.14. The topological polar surface area (TPSA) is 122 Å². The molecule has 1 aromatic rings. The molecule has 4 N–H and O–H groups in total. The van der Waals surface area contributed by atoms with E-state index in [4.69, 9.17) is 5.73 Å². The number of amides is 2. The van der Waals surface area contributed by atoms with Crippen molar-refractivity contribution in [1.29, 1.82) is 0 Å². The zero-order chi connectivity index (χ0) is 18.2. The van der Waals surface area contributed by atoms with Gasteiger partial charge in [0.15, 0.2) is 0 Å². The lowest BCUT2D eigenvalue weighted by atomic mass is 10.2. The fraction of sp³-hybridized carbons (Fsp3) is 0.467. The first kappa shape index (κ1) is 23.3. The number of benzene rings is 1. The molecule has 0 fully saturated rings. The Morgan fingerprint density at radius 3 is 2.48 bits per heavy atom. The van der Waals surface area contributed by atoms with Gasteiger partial charge in [-0.25, -0.2) is 13.1 Å². The normalized spacial score (nSPS) is 10.7. The molecule has 0 unspecified atom stereocenters. The summed E-state index contributed by atoms with van der Waals surface area (Å²) in [5.41, 5.74) is 5.67. The molecule has 0 aliphatic carbocycles. The predicted molar refractivity (Wildman–Crippen MR) is 99.1 cm³/mol. The second-order valence-electron chi connectivity index (χ2n) is 5.40. The molecule has 0 radical (unpaired) electrons. The summed E-state index contributed by atoms with van der Waals surface area (Å²) in [6.07, 6.45) is 0.902. The summed E-state index contributed by atoms with van der Waals surface area (Å²) < 4.78 is 26.4. The average Bonchev–Trinajstić information content (AvgIpc) is 2.53. The van der Waals surface area contributed by atoms with Gasteiger partial charge in [0.25, 0.3) is 0 Å². The van der Waals surface area contributed by atoms with E-state index in [1.54, 1.807) is 26.2 Å². The van der Waals surface area contributed by atoms with Gasteiger partial charge in [-0.2, -0.15) is 0 Å². The molecule has 25 heavy (non-hydrogen) atoms. The summed E-state index contributed by atoms with van der Waals surface area (Å²) >= 11 is 0. The number of carbonyl (C=O) groups excluding carboxylic acids is 2. The third-order valence-corrected chi connectivity index (χ3v) is 4.62. The second kappa shape index (κ2) is 11.0. The highest BCUT2D eigenvalue weighted by atomic mass is 35.5. The minimum absolute atomic E-state index is 0. The number of sulfonamides is 1. The Balaban J connectivity index is 0.00000576. The Kier molecular flexibility index (Phi) is 10.3.